The standard InChI is InChI=1S/C15H22N2O2/c1-11(9-10-19-3)17-12(2)16-14(15(17)18)13-7-5-4-6-8-13/h4-8,11-12,14,16H,9-10H2,1-3H3. The minimum absolute atomic E-state index is 0.0598. The van der Waals surface area contributed by atoms with Gasteiger partial charge in [-0.2, -0.15) is 0 Å². The van der Waals surface area contributed by atoms with Gasteiger partial charge in [0, 0.05) is 19.8 Å². The van der Waals surface area contributed by atoms with Crippen LogP contribution in [0.25, 0.3) is 0 Å². The van der Waals surface area contributed by atoms with Gasteiger partial charge in [-0.05, 0) is 25.8 Å². The molecule has 0 bridgehead atoms. The van der Waals surface area contributed by atoms with E-state index in [9.17, 15) is 4.79 Å². The molecule has 0 radical (unpaired) electrons. The van der Waals surface area contributed by atoms with Gasteiger partial charge in [-0.3, -0.25) is 10.1 Å². The lowest BCUT2D eigenvalue weighted by Crippen LogP contribution is -2.41. The number of nitrogens with one attached hydrogen (secondary N) is 1. The fourth-order valence-corrected chi connectivity index (χ4v) is 2.64. The number of rotatable bonds is 5. The third-order valence-corrected chi connectivity index (χ3v) is 3.67. The van der Waals surface area contributed by atoms with Crippen LogP contribution in [0.3, 0.4) is 0 Å². The van der Waals surface area contributed by atoms with E-state index in [4.69, 9.17) is 4.74 Å². The number of nitrogens with zero attached hydrogens (tertiary/aromatic N) is 1. The van der Waals surface area contributed by atoms with Gasteiger partial charge >= 0.3 is 0 Å². The van der Waals surface area contributed by atoms with Gasteiger partial charge in [0.1, 0.15) is 6.04 Å². The first-order chi connectivity index (χ1) is 9.15. The summed E-state index contributed by atoms with van der Waals surface area (Å²) in [6.07, 6.45) is 0.917. The van der Waals surface area contributed by atoms with Crippen molar-refractivity contribution >= 4 is 5.91 Å². The first-order valence-corrected chi connectivity index (χ1v) is 6.77. The zero-order valence-electron chi connectivity index (χ0n) is 11.8. The van der Waals surface area contributed by atoms with Crippen molar-refractivity contribution in [3.8, 4) is 0 Å². The summed E-state index contributed by atoms with van der Waals surface area (Å²) in [7, 11) is 1.69. The maximum absolute atomic E-state index is 12.5. The zero-order chi connectivity index (χ0) is 13.8. The number of hydrogen-bond donors (Lipinski definition) is 1. The van der Waals surface area contributed by atoms with E-state index in [0.717, 1.165) is 12.0 Å². The smallest absolute Gasteiger partial charge is 0.245 e. The van der Waals surface area contributed by atoms with E-state index in [1.54, 1.807) is 7.11 Å². The molecule has 1 fully saturated rings. The summed E-state index contributed by atoms with van der Waals surface area (Å²) in [6.45, 7) is 4.78. The first-order valence-electron chi connectivity index (χ1n) is 6.77. The van der Waals surface area contributed by atoms with Crippen LogP contribution in [0.5, 0.6) is 0 Å². The van der Waals surface area contributed by atoms with Gasteiger partial charge in [0.2, 0.25) is 5.91 Å². The molecular formula is C15H22N2O2. The van der Waals surface area contributed by atoms with Gasteiger partial charge in [0.05, 0.1) is 6.17 Å². The monoisotopic (exact) mass is 262 g/mol. The van der Waals surface area contributed by atoms with Crippen LogP contribution in [0, 0.1) is 0 Å². The summed E-state index contributed by atoms with van der Waals surface area (Å²) in [5, 5.41) is 3.36. The Bertz CT molecular complexity index is 421. The van der Waals surface area contributed by atoms with Gasteiger partial charge in [-0.25, -0.2) is 0 Å². The lowest BCUT2D eigenvalue weighted by atomic mass is 10.1. The molecule has 1 saturated heterocycles. The van der Waals surface area contributed by atoms with E-state index in [1.165, 1.54) is 0 Å². The van der Waals surface area contributed by atoms with E-state index in [-0.39, 0.29) is 24.2 Å². The van der Waals surface area contributed by atoms with Crippen molar-refractivity contribution in [3.63, 3.8) is 0 Å². The molecule has 3 atom stereocenters. The lowest BCUT2D eigenvalue weighted by Gasteiger charge is -2.28. The Hall–Kier alpha value is -1.39. The number of benzene rings is 1. The Labute approximate surface area is 114 Å². The van der Waals surface area contributed by atoms with Crippen molar-refractivity contribution in [1.82, 2.24) is 10.2 Å². The number of carbonyl (C=O) groups excluding carboxylic acids is 1. The summed E-state index contributed by atoms with van der Waals surface area (Å²) in [5.41, 5.74) is 1.03. The molecule has 0 saturated carbocycles. The molecule has 1 amide bonds. The quantitative estimate of drug-likeness (QED) is 0.881. The largest absolute Gasteiger partial charge is 0.385 e. The van der Waals surface area contributed by atoms with Crippen LogP contribution in [-0.4, -0.2) is 36.7 Å². The fraction of sp³-hybridized carbons (Fsp3) is 0.533. The van der Waals surface area contributed by atoms with E-state index in [2.05, 4.69) is 12.2 Å². The van der Waals surface area contributed by atoms with Crippen molar-refractivity contribution in [2.45, 2.75) is 38.5 Å². The van der Waals surface area contributed by atoms with Crippen LogP contribution in [0.4, 0.5) is 0 Å². The Morgan fingerprint density at radius 1 is 1.37 bits per heavy atom. The molecule has 3 unspecified atom stereocenters. The molecule has 2 rings (SSSR count). The van der Waals surface area contributed by atoms with Gasteiger partial charge in [0.25, 0.3) is 0 Å². The highest BCUT2D eigenvalue weighted by Crippen LogP contribution is 2.26. The summed E-state index contributed by atoms with van der Waals surface area (Å²) in [6, 6.07) is 9.84. The van der Waals surface area contributed by atoms with Crippen LogP contribution >= 0.6 is 0 Å². The summed E-state index contributed by atoms with van der Waals surface area (Å²) in [5.74, 6) is 0.155. The molecule has 19 heavy (non-hydrogen) atoms. The predicted octanol–water partition coefficient (Wildman–Crippen LogP) is 1.93. The molecule has 1 heterocycles. The van der Waals surface area contributed by atoms with Gasteiger partial charge in [0.15, 0.2) is 0 Å². The van der Waals surface area contributed by atoms with Crippen LogP contribution in [-0.2, 0) is 9.53 Å². The number of amides is 1. The Balaban J connectivity index is 2.10. The van der Waals surface area contributed by atoms with Crippen molar-refractivity contribution in [2.24, 2.45) is 0 Å². The minimum Gasteiger partial charge on any atom is -0.385 e. The first kappa shape index (κ1) is 14.0. The van der Waals surface area contributed by atoms with Crippen molar-refractivity contribution < 1.29 is 9.53 Å². The highest BCUT2D eigenvalue weighted by Gasteiger charge is 2.39. The fourth-order valence-electron chi connectivity index (χ4n) is 2.64. The number of ether oxygens (including phenoxy) is 1. The Morgan fingerprint density at radius 3 is 2.68 bits per heavy atom. The Kier molecular flexibility index (Phi) is 4.56. The number of carbonyl (C=O) groups is 1. The highest BCUT2D eigenvalue weighted by molar-refractivity contribution is 5.85. The second kappa shape index (κ2) is 6.17. The summed E-state index contributed by atoms with van der Waals surface area (Å²) < 4.78 is 5.10. The SMILES string of the molecule is COCCC(C)N1C(=O)C(c2ccccc2)NC1C. The summed E-state index contributed by atoms with van der Waals surface area (Å²) >= 11 is 0. The molecule has 0 aromatic heterocycles. The third-order valence-electron chi connectivity index (χ3n) is 3.67. The van der Waals surface area contributed by atoms with Gasteiger partial charge < -0.3 is 9.64 Å². The van der Waals surface area contributed by atoms with Crippen molar-refractivity contribution in [3.05, 3.63) is 35.9 Å². The lowest BCUT2D eigenvalue weighted by molar-refractivity contribution is -0.132. The molecule has 4 nitrogen and oxygen atoms in total. The Morgan fingerprint density at radius 2 is 2.05 bits per heavy atom. The average molecular weight is 262 g/mol. The zero-order valence-corrected chi connectivity index (χ0v) is 11.8. The molecule has 1 aromatic rings. The molecule has 1 aliphatic rings. The second-order valence-electron chi connectivity index (χ2n) is 5.06. The van der Waals surface area contributed by atoms with Crippen LogP contribution < -0.4 is 5.32 Å². The molecule has 1 N–H and O–H groups in total. The van der Waals surface area contributed by atoms with Gasteiger partial charge in [-0.15, -0.1) is 0 Å². The van der Waals surface area contributed by atoms with Crippen molar-refractivity contribution in [2.75, 3.05) is 13.7 Å². The molecular weight excluding hydrogens is 240 g/mol. The maximum atomic E-state index is 12.5. The molecule has 4 heteroatoms. The summed E-state index contributed by atoms with van der Waals surface area (Å²) in [4.78, 5) is 14.5. The van der Waals surface area contributed by atoms with Crippen molar-refractivity contribution in [1.29, 1.82) is 0 Å². The third kappa shape index (κ3) is 2.96. The topological polar surface area (TPSA) is 41.6 Å². The number of methoxy groups -OCH3 is 1. The molecule has 0 aliphatic carbocycles. The van der Waals surface area contributed by atoms with E-state index in [0.29, 0.717) is 6.61 Å². The van der Waals surface area contributed by atoms with E-state index < -0.39 is 0 Å². The molecule has 1 aliphatic heterocycles. The number of hydrogen-bond acceptors (Lipinski definition) is 3. The second-order valence-corrected chi connectivity index (χ2v) is 5.06. The van der Waals surface area contributed by atoms with Gasteiger partial charge in [-0.1, -0.05) is 30.3 Å². The molecule has 0 spiro atoms. The molecule has 104 valence electrons. The van der Waals surface area contributed by atoms with Crippen LogP contribution in [0.15, 0.2) is 30.3 Å². The normalized spacial score (nSPS) is 24.8. The minimum atomic E-state index is -0.221. The maximum Gasteiger partial charge on any atom is 0.245 e. The van der Waals surface area contributed by atoms with Crippen LogP contribution in [0.1, 0.15) is 31.9 Å². The highest BCUT2D eigenvalue weighted by atomic mass is 16.5. The average Bonchev–Trinajstić information content (AvgIpc) is 2.72. The van der Waals surface area contributed by atoms with E-state index >= 15 is 0 Å². The molecule has 1 aromatic carbocycles. The predicted molar refractivity (Wildman–Crippen MR) is 74.6 cm³/mol. The van der Waals surface area contributed by atoms with E-state index in [1.807, 2.05) is 42.2 Å². The van der Waals surface area contributed by atoms with Crippen LogP contribution in [0.2, 0.25) is 0 Å².